The van der Waals surface area contributed by atoms with Crippen LogP contribution in [0, 0.1) is 6.92 Å². The van der Waals surface area contributed by atoms with Crippen molar-refractivity contribution in [1.82, 2.24) is 9.38 Å². The first-order valence-electron chi connectivity index (χ1n) is 6.47. The van der Waals surface area contributed by atoms with Crippen LogP contribution in [-0.4, -0.2) is 9.38 Å². The van der Waals surface area contributed by atoms with E-state index in [4.69, 9.17) is 5.73 Å². The summed E-state index contributed by atoms with van der Waals surface area (Å²) in [6, 6.07) is 12.7. The highest BCUT2D eigenvalue weighted by molar-refractivity contribution is 5.48. The Labute approximate surface area is 112 Å². The number of fused-ring (bicyclic) bond motifs is 1. The lowest BCUT2D eigenvalue weighted by Gasteiger charge is -2.04. The van der Waals surface area contributed by atoms with Gasteiger partial charge in [0, 0.05) is 19.2 Å². The molecule has 0 aliphatic rings. The third kappa shape index (κ3) is 2.37. The van der Waals surface area contributed by atoms with Gasteiger partial charge in [-0.2, -0.15) is 0 Å². The van der Waals surface area contributed by atoms with Gasteiger partial charge in [0.05, 0.1) is 11.7 Å². The van der Waals surface area contributed by atoms with E-state index in [1.807, 2.05) is 6.20 Å². The van der Waals surface area contributed by atoms with E-state index in [9.17, 15) is 0 Å². The molecule has 0 bridgehead atoms. The molecule has 0 aliphatic heterocycles. The van der Waals surface area contributed by atoms with Crippen molar-refractivity contribution in [3.05, 3.63) is 71.3 Å². The van der Waals surface area contributed by atoms with Gasteiger partial charge in [0.15, 0.2) is 0 Å². The van der Waals surface area contributed by atoms with Gasteiger partial charge in [-0.15, -0.1) is 0 Å². The molecule has 0 radical (unpaired) electrons. The fraction of sp³-hybridized carbons (Fsp3) is 0.188. The maximum Gasteiger partial charge on any atom is 0.117 e. The first kappa shape index (κ1) is 11.9. The van der Waals surface area contributed by atoms with Gasteiger partial charge in [0.2, 0.25) is 0 Å². The highest BCUT2D eigenvalue weighted by atomic mass is 15.0. The van der Waals surface area contributed by atoms with E-state index in [1.54, 1.807) is 0 Å². The number of benzene rings is 1. The second kappa shape index (κ2) is 4.86. The van der Waals surface area contributed by atoms with Gasteiger partial charge in [-0.3, -0.25) is 0 Å². The number of nitrogens with zero attached hydrogens (tertiary/aromatic N) is 2. The summed E-state index contributed by atoms with van der Waals surface area (Å²) in [5, 5.41) is 0. The van der Waals surface area contributed by atoms with Crippen LogP contribution in [0.2, 0.25) is 0 Å². The summed E-state index contributed by atoms with van der Waals surface area (Å²) >= 11 is 0. The Kier molecular flexibility index (Phi) is 3.05. The number of imidazole rings is 1. The van der Waals surface area contributed by atoms with Crippen molar-refractivity contribution in [2.45, 2.75) is 19.9 Å². The molecule has 0 saturated heterocycles. The van der Waals surface area contributed by atoms with Crippen LogP contribution in [0.4, 0.5) is 0 Å². The van der Waals surface area contributed by atoms with Crippen LogP contribution < -0.4 is 5.73 Å². The zero-order valence-corrected chi connectivity index (χ0v) is 11.0. The summed E-state index contributed by atoms with van der Waals surface area (Å²) in [5.41, 5.74) is 10.5. The molecule has 2 N–H and O–H groups in total. The molecule has 96 valence electrons. The average molecular weight is 251 g/mol. The monoisotopic (exact) mass is 251 g/mol. The number of pyridine rings is 1. The molecule has 0 unspecified atom stereocenters. The molecular formula is C16H17N3. The number of hydrogen-bond acceptors (Lipinski definition) is 2. The van der Waals surface area contributed by atoms with E-state index < -0.39 is 0 Å². The Morgan fingerprint density at radius 2 is 2.05 bits per heavy atom. The summed E-state index contributed by atoms with van der Waals surface area (Å²) in [6.07, 6.45) is 4.80. The van der Waals surface area contributed by atoms with E-state index in [2.05, 4.69) is 58.9 Å². The molecule has 0 amide bonds. The van der Waals surface area contributed by atoms with Crippen molar-refractivity contribution in [2.24, 2.45) is 5.73 Å². The molecule has 0 atom stereocenters. The largest absolute Gasteiger partial charge is 0.326 e. The van der Waals surface area contributed by atoms with E-state index in [1.165, 1.54) is 11.1 Å². The van der Waals surface area contributed by atoms with Crippen LogP contribution in [0.3, 0.4) is 0 Å². The lowest BCUT2D eigenvalue weighted by Crippen LogP contribution is -1.99. The van der Waals surface area contributed by atoms with Crippen LogP contribution in [0.5, 0.6) is 0 Å². The minimum absolute atomic E-state index is 0.564. The summed E-state index contributed by atoms with van der Waals surface area (Å²) < 4.78 is 2.13. The number of rotatable bonds is 3. The maximum absolute atomic E-state index is 5.66. The molecule has 0 saturated carbocycles. The SMILES string of the molecule is Cc1cccc(Cc2ncc3cc(CN)ccn23)c1. The minimum Gasteiger partial charge on any atom is -0.326 e. The molecule has 0 fully saturated rings. The quantitative estimate of drug-likeness (QED) is 0.777. The average Bonchev–Trinajstić information content (AvgIpc) is 2.81. The highest BCUT2D eigenvalue weighted by Gasteiger charge is 2.05. The molecule has 2 heterocycles. The zero-order chi connectivity index (χ0) is 13.2. The van der Waals surface area contributed by atoms with Crippen molar-refractivity contribution in [2.75, 3.05) is 0 Å². The Balaban J connectivity index is 1.97. The Bertz CT molecular complexity index is 713. The molecule has 3 rings (SSSR count). The summed E-state index contributed by atoms with van der Waals surface area (Å²) in [7, 11) is 0. The van der Waals surface area contributed by atoms with Crippen molar-refractivity contribution in [1.29, 1.82) is 0 Å². The molecule has 3 heteroatoms. The van der Waals surface area contributed by atoms with E-state index in [0.717, 1.165) is 23.3 Å². The lowest BCUT2D eigenvalue weighted by molar-refractivity contribution is 0.952. The van der Waals surface area contributed by atoms with Crippen LogP contribution in [0.15, 0.2) is 48.8 Å². The zero-order valence-electron chi connectivity index (χ0n) is 11.0. The number of nitrogens with two attached hydrogens (primary N) is 1. The third-order valence-electron chi connectivity index (χ3n) is 3.35. The van der Waals surface area contributed by atoms with Crippen LogP contribution in [0.1, 0.15) is 22.5 Å². The summed E-state index contributed by atoms with van der Waals surface area (Å²) in [6.45, 7) is 2.68. The van der Waals surface area contributed by atoms with Gasteiger partial charge >= 0.3 is 0 Å². The van der Waals surface area contributed by atoms with Crippen LogP contribution >= 0.6 is 0 Å². The van der Waals surface area contributed by atoms with Crippen molar-refractivity contribution < 1.29 is 0 Å². The smallest absolute Gasteiger partial charge is 0.117 e. The van der Waals surface area contributed by atoms with Gasteiger partial charge in [-0.1, -0.05) is 29.8 Å². The molecule has 0 spiro atoms. The molecule has 19 heavy (non-hydrogen) atoms. The number of aryl methyl sites for hydroxylation is 1. The lowest BCUT2D eigenvalue weighted by atomic mass is 10.1. The van der Waals surface area contributed by atoms with E-state index in [0.29, 0.717) is 6.54 Å². The van der Waals surface area contributed by atoms with E-state index in [-0.39, 0.29) is 0 Å². The number of hydrogen-bond donors (Lipinski definition) is 1. The van der Waals surface area contributed by atoms with Gasteiger partial charge in [0.25, 0.3) is 0 Å². The molecule has 3 aromatic rings. The topological polar surface area (TPSA) is 43.3 Å². The van der Waals surface area contributed by atoms with Crippen LogP contribution in [-0.2, 0) is 13.0 Å². The van der Waals surface area contributed by atoms with Gasteiger partial charge in [-0.05, 0) is 30.2 Å². The molecule has 1 aromatic carbocycles. The predicted molar refractivity (Wildman–Crippen MR) is 77.1 cm³/mol. The molecule has 0 aliphatic carbocycles. The maximum atomic E-state index is 5.66. The predicted octanol–water partition coefficient (Wildman–Crippen LogP) is 2.69. The standard InChI is InChI=1S/C16H17N3/c1-12-3-2-4-13(7-12)9-16-18-11-15-8-14(10-17)5-6-19(15)16/h2-8,11H,9-10,17H2,1H3. The molecule has 2 aromatic heterocycles. The second-order valence-corrected chi connectivity index (χ2v) is 4.87. The Hall–Kier alpha value is -2.13. The van der Waals surface area contributed by atoms with Gasteiger partial charge in [0.1, 0.15) is 5.82 Å². The van der Waals surface area contributed by atoms with E-state index >= 15 is 0 Å². The second-order valence-electron chi connectivity index (χ2n) is 4.87. The fourth-order valence-corrected chi connectivity index (χ4v) is 2.36. The van der Waals surface area contributed by atoms with Crippen molar-refractivity contribution in [3.63, 3.8) is 0 Å². The van der Waals surface area contributed by atoms with Gasteiger partial charge in [-0.25, -0.2) is 4.98 Å². The van der Waals surface area contributed by atoms with Crippen molar-refractivity contribution >= 4 is 5.52 Å². The number of aromatic nitrogens is 2. The Morgan fingerprint density at radius 3 is 2.84 bits per heavy atom. The fourth-order valence-electron chi connectivity index (χ4n) is 2.36. The third-order valence-corrected chi connectivity index (χ3v) is 3.35. The molecular weight excluding hydrogens is 234 g/mol. The van der Waals surface area contributed by atoms with Crippen molar-refractivity contribution in [3.8, 4) is 0 Å². The normalized spacial score (nSPS) is 11.1. The summed E-state index contributed by atoms with van der Waals surface area (Å²) in [4.78, 5) is 4.52. The van der Waals surface area contributed by atoms with Gasteiger partial charge < -0.3 is 10.1 Å². The Morgan fingerprint density at radius 1 is 1.16 bits per heavy atom. The molecule has 3 nitrogen and oxygen atoms in total. The first-order valence-corrected chi connectivity index (χ1v) is 6.47. The highest BCUT2D eigenvalue weighted by Crippen LogP contribution is 2.14. The summed E-state index contributed by atoms with van der Waals surface area (Å²) in [5.74, 6) is 1.06. The minimum atomic E-state index is 0.564. The van der Waals surface area contributed by atoms with Crippen LogP contribution in [0.25, 0.3) is 5.52 Å². The first-order chi connectivity index (χ1) is 9.26.